The molecular weight excluding hydrogens is 320 g/mol. The lowest BCUT2D eigenvalue weighted by atomic mass is 9.76. The molecule has 25 heavy (non-hydrogen) atoms. The first-order chi connectivity index (χ1) is 12.1. The minimum Gasteiger partial charge on any atom is -0.478 e. The van der Waals surface area contributed by atoms with Gasteiger partial charge in [-0.15, -0.1) is 0 Å². The Bertz CT molecular complexity index is 906. The first-order valence-electron chi connectivity index (χ1n) is 8.10. The molecule has 2 aromatic rings. The van der Waals surface area contributed by atoms with Gasteiger partial charge in [0.15, 0.2) is 0 Å². The minimum atomic E-state index is -0.992. The maximum absolute atomic E-state index is 11.6. The summed E-state index contributed by atoms with van der Waals surface area (Å²) >= 11 is 0. The molecule has 0 saturated carbocycles. The zero-order chi connectivity index (χ0) is 17.6. The molecule has 2 N–H and O–H groups in total. The third-order valence-electron chi connectivity index (χ3n) is 5.10. The summed E-state index contributed by atoms with van der Waals surface area (Å²) in [4.78, 5) is 22.7. The van der Waals surface area contributed by atoms with Crippen molar-refractivity contribution < 1.29 is 14.8 Å². The van der Waals surface area contributed by atoms with Crippen LogP contribution in [0.5, 0.6) is 0 Å². The lowest BCUT2D eigenvalue weighted by molar-refractivity contribution is -0.384. The molecular formula is C19H16N2O4. The molecule has 0 fully saturated rings. The molecule has 6 heteroatoms. The van der Waals surface area contributed by atoms with Crippen LogP contribution in [0.2, 0.25) is 0 Å². The van der Waals surface area contributed by atoms with Gasteiger partial charge in [0.2, 0.25) is 0 Å². The Kier molecular flexibility index (Phi) is 3.53. The number of benzene rings is 2. The summed E-state index contributed by atoms with van der Waals surface area (Å²) in [5.74, 6) is -0.814. The van der Waals surface area contributed by atoms with E-state index in [2.05, 4.69) is 17.5 Å². The normalized spacial score (nSPS) is 23.4. The van der Waals surface area contributed by atoms with Crippen LogP contribution in [0.1, 0.15) is 39.9 Å². The summed E-state index contributed by atoms with van der Waals surface area (Å²) in [5.41, 5.74) is 2.31. The largest absolute Gasteiger partial charge is 0.478 e. The Labute approximate surface area is 144 Å². The molecule has 1 aliphatic heterocycles. The van der Waals surface area contributed by atoms with Crippen LogP contribution in [-0.2, 0) is 0 Å². The molecule has 0 unspecified atom stereocenters. The predicted octanol–water partition coefficient (Wildman–Crippen LogP) is 4.12. The molecule has 0 amide bonds. The first-order valence-corrected chi connectivity index (χ1v) is 8.10. The van der Waals surface area contributed by atoms with E-state index in [9.17, 15) is 20.0 Å². The van der Waals surface area contributed by atoms with Gasteiger partial charge in [-0.25, -0.2) is 4.79 Å². The average molecular weight is 336 g/mol. The van der Waals surface area contributed by atoms with E-state index >= 15 is 0 Å². The second-order valence-electron chi connectivity index (χ2n) is 6.37. The minimum absolute atomic E-state index is 0.0223. The molecule has 0 saturated heterocycles. The molecule has 6 nitrogen and oxygen atoms in total. The zero-order valence-corrected chi connectivity index (χ0v) is 13.3. The number of nitrogens with zero attached hydrogens (tertiary/aromatic N) is 1. The monoisotopic (exact) mass is 336 g/mol. The molecule has 2 aromatic carbocycles. The van der Waals surface area contributed by atoms with Gasteiger partial charge in [0.1, 0.15) is 5.69 Å². The number of fused-ring (bicyclic) bond motifs is 3. The highest BCUT2D eigenvalue weighted by molar-refractivity contribution is 5.90. The number of para-hydroxylation sites is 1. The first kappa shape index (κ1) is 15.4. The molecule has 0 spiro atoms. The van der Waals surface area contributed by atoms with Crippen LogP contribution in [0, 0.1) is 16.0 Å². The van der Waals surface area contributed by atoms with Gasteiger partial charge < -0.3 is 10.4 Å². The van der Waals surface area contributed by atoms with Gasteiger partial charge in [-0.2, -0.15) is 0 Å². The van der Waals surface area contributed by atoms with Crippen molar-refractivity contribution in [3.8, 4) is 0 Å². The van der Waals surface area contributed by atoms with Crippen LogP contribution in [-0.4, -0.2) is 16.0 Å². The predicted molar refractivity (Wildman–Crippen MR) is 92.8 cm³/mol. The Morgan fingerprint density at radius 3 is 2.68 bits per heavy atom. The van der Waals surface area contributed by atoms with Crippen molar-refractivity contribution in [2.75, 3.05) is 5.32 Å². The number of rotatable bonds is 3. The standard InChI is InChI=1S/C19H16N2O4/c22-19(23)15-6-2-1-5-14(15)17-12-8-3-7-11(12)13-9-4-10-16(21(24)25)18(13)20-17/h1-7,9-12,17,20H,8H2,(H,22,23)/t11-,12-,17+/m0/s1. The summed E-state index contributed by atoms with van der Waals surface area (Å²) < 4.78 is 0. The van der Waals surface area contributed by atoms with E-state index in [1.165, 1.54) is 6.07 Å². The van der Waals surface area contributed by atoms with E-state index < -0.39 is 10.9 Å². The van der Waals surface area contributed by atoms with Gasteiger partial charge in [-0.05, 0) is 29.5 Å². The zero-order valence-electron chi connectivity index (χ0n) is 13.3. The summed E-state index contributed by atoms with van der Waals surface area (Å²) in [5, 5.41) is 24.2. The average Bonchev–Trinajstić information content (AvgIpc) is 3.10. The Morgan fingerprint density at radius 2 is 1.92 bits per heavy atom. The molecule has 0 radical (unpaired) electrons. The summed E-state index contributed by atoms with van der Waals surface area (Å²) in [6.07, 6.45) is 4.95. The van der Waals surface area contributed by atoms with E-state index in [1.54, 1.807) is 30.3 Å². The van der Waals surface area contributed by atoms with Crippen LogP contribution >= 0.6 is 0 Å². The van der Waals surface area contributed by atoms with Crippen molar-refractivity contribution in [2.24, 2.45) is 5.92 Å². The summed E-state index contributed by atoms with van der Waals surface area (Å²) in [7, 11) is 0. The summed E-state index contributed by atoms with van der Waals surface area (Å²) in [6.45, 7) is 0. The highest BCUT2D eigenvalue weighted by Crippen LogP contribution is 2.52. The maximum atomic E-state index is 11.6. The van der Waals surface area contributed by atoms with Crippen molar-refractivity contribution in [2.45, 2.75) is 18.4 Å². The SMILES string of the molecule is O=C(O)c1ccccc1[C@@H]1Nc2c(cccc2[N+](=O)[O-])[C@H]2C=CC[C@@H]21. The third kappa shape index (κ3) is 2.38. The fourth-order valence-electron chi connectivity index (χ4n) is 4.03. The topological polar surface area (TPSA) is 92.5 Å². The third-order valence-corrected chi connectivity index (χ3v) is 5.10. The Hall–Kier alpha value is -3.15. The highest BCUT2D eigenvalue weighted by atomic mass is 16.6. The quantitative estimate of drug-likeness (QED) is 0.500. The van der Waals surface area contributed by atoms with Crippen LogP contribution in [0.25, 0.3) is 0 Å². The fourth-order valence-corrected chi connectivity index (χ4v) is 4.03. The molecule has 0 aromatic heterocycles. The Balaban J connectivity index is 1.88. The smallest absolute Gasteiger partial charge is 0.336 e. The van der Waals surface area contributed by atoms with Crippen LogP contribution in [0.15, 0.2) is 54.6 Å². The van der Waals surface area contributed by atoms with Crippen molar-refractivity contribution in [1.29, 1.82) is 0 Å². The van der Waals surface area contributed by atoms with Gasteiger partial charge in [-0.1, -0.05) is 42.5 Å². The number of carboxylic acids is 1. The molecule has 126 valence electrons. The highest BCUT2D eigenvalue weighted by Gasteiger charge is 2.41. The number of nitro groups is 1. The van der Waals surface area contributed by atoms with E-state index in [-0.39, 0.29) is 29.1 Å². The van der Waals surface area contributed by atoms with Crippen molar-refractivity contribution in [3.05, 3.63) is 81.4 Å². The number of hydrogen-bond acceptors (Lipinski definition) is 4. The van der Waals surface area contributed by atoms with Crippen LogP contribution in [0.3, 0.4) is 0 Å². The maximum Gasteiger partial charge on any atom is 0.336 e. The number of allylic oxidation sites excluding steroid dienone is 2. The molecule has 3 atom stereocenters. The van der Waals surface area contributed by atoms with E-state index in [0.29, 0.717) is 11.3 Å². The number of carbonyl (C=O) groups is 1. The number of nitrogens with one attached hydrogen (secondary N) is 1. The van der Waals surface area contributed by atoms with Gasteiger partial charge >= 0.3 is 5.97 Å². The van der Waals surface area contributed by atoms with Crippen LogP contribution < -0.4 is 5.32 Å². The lowest BCUT2D eigenvalue weighted by Gasteiger charge is -2.37. The number of nitro benzene ring substituents is 1. The molecule has 0 bridgehead atoms. The molecule has 2 aliphatic rings. The fraction of sp³-hybridized carbons (Fsp3) is 0.211. The van der Waals surface area contributed by atoms with Gasteiger partial charge in [-0.3, -0.25) is 10.1 Å². The van der Waals surface area contributed by atoms with Crippen molar-refractivity contribution >= 4 is 17.3 Å². The number of carboxylic acid groups (broad SMARTS) is 1. The molecule has 1 aliphatic carbocycles. The van der Waals surface area contributed by atoms with E-state index in [4.69, 9.17) is 0 Å². The number of anilines is 1. The number of aromatic carboxylic acids is 1. The van der Waals surface area contributed by atoms with Gasteiger partial charge in [0, 0.05) is 12.0 Å². The molecule has 1 heterocycles. The lowest BCUT2D eigenvalue weighted by Crippen LogP contribution is -2.30. The second kappa shape index (κ2) is 5.73. The van der Waals surface area contributed by atoms with E-state index in [0.717, 1.165) is 12.0 Å². The molecule has 4 rings (SSSR count). The summed E-state index contributed by atoms with van der Waals surface area (Å²) in [6, 6.07) is 11.6. The van der Waals surface area contributed by atoms with Crippen molar-refractivity contribution in [3.63, 3.8) is 0 Å². The number of hydrogen-bond donors (Lipinski definition) is 2. The Morgan fingerprint density at radius 1 is 1.16 bits per heavy atom. The van der Waals surface area contributed by atoms with E-state index in [1.807, 2.05) is 6.07 Å². The van der Waals surface area contributed by atoms with Crippen LogP contribution in [0.4, 0.5) is 11.4 Å². The van der Waals surface area contributed by atoms with Gasteiger partial charge in [0.05, 0.1) is 16.5 Å². The van der Waals surface area contributed by atoms with Crippen molar-refractivity contribution in [1.82, 2.24) is 0 Å². The second-order valence-corrected chi connectivity index (χ2v) is 6.37. The van der Waals surface area contributed by atoms with Gasteiger partial charge in [0.25, 0.3) is 5.69 Å².